The first-order valence-electron chi connectivity index (χ1n) is 4.76. The third-order valence-corrected chi connectivity index (χ3v) is 1.85. The lowest BCUT2D eigenvalue weighted by atomic mass is 10.2. The van der Waals surface area contributed by atoms with Crippen molar-refractivity contribution in [1.82, 2.24) is 9.97 Å². The fourth-order valence-electron chi connectivity index (χ4n) is 1.26. The van der Waals surface area contributed by atoms with E-state index in [1.165, 1.54) is 0 Å². The summed E-state index contributed by atoms with van der Waals surface area (Å²) >= 11 is 0. The van der Waals surface area contributed by atoms with Gasteiger partial charge in [0.1, 0.15) is 0 Å². The molecule has 1 aromatic heterocycles. The van der Waals surface area contributed by atoms with Crippen molar-refractivity contribution in [3.05, 3.63) is 18.0 Å². The highest BCUT2D eigenvalue weighted by Crippen LogP contribution is 2.07. The Morgan fingerprint density at radius 3 is 2.36 bits per heavy atom. The zero-order chi connectivity index (χ0) is 10.6. The van der Waals surface area contributed by atoms with E-state index in [1.54, 1.807) is 12.4 Å². The molecular formula is C10H17N3O. The van der Waals surface area contributed by atoms with Crippen molar-refractivity contribution in [3.63, 3.8) is 0 Å². The molecule has 0 atom stereocenters. The molecule has 78 valence electrons. The number of anilines is 1. The van der Waals surface area contributed by atoms with Crippen LogP contribution in [0.4, 0.5) is 5.95 Å². The van der Waals surface area contributed by atoms with E-state index in [-0.39, 0.29) is 6.61 Å². The molecule has 0 amide bonds. The highest BCUT2D eigenvalue weighted by Gasteiger charge is 2.05. The normalized spacial score (nSPS) is 10.6. The van der Waals surface area contributed by atoms with Gasteiger partial charge in [0.25, 0.3) is 0 Å². The van der Waals surface area contributed by atoms with Gasteiger partial charge in [0.2, 0.25) is 5.95 Å². The first kappa shape index (κ1) is 10.9. The highest BCUT2D eigenvalue weighted by molar-refractivity contribution is 5.28. The molecule has 0 spiro atoms. The number of rotatable bonds is 4. The standard InChI is InChI=1S/C10H17N3O/c1-8(2)6-13(3)10-11-4-9(7-14)5-12-10/h4-5,8,14H,6-7H2,1-3H3. The third kappa shape index (κ3) is 2.96. The summed E-state index contributed by atoms with van der Waals surface area (Å²) in [6.45, 7) is 5.23. The lowest BCUT2D eigenvalue weighted by Gasteiger charge is -2.18. The largest absolute Gasteiger partial charge is 0.392 e. The molecule has 4 nitrogen and oxygen atoms in total. The molecule has 0 unspecified atom stereocenters. The molecule has 0 saturated carbocycles. The second-order valence-electron chi connectivity index (χ2n) is 3.82. The van der Waals surface area contributed by atoms with Crippen molar-refractivity contribution in [2.75, 3.05) is 18.5 Å². The molecule has 0 aliphatic carbocycles. The minimum Gasteiger partial charge on any atom is -0.392 e. The lowest BCUT2D eigenvalue weighted by molar-refractivity contribution is 0.281. The van der Waals surface area contributed by atoms with Gasteiger partial charge < -0.3 is 10.0 Å². The van der Waals surface area contributed by atoms with Crippen LogP contribution in [0.15, 0.2) is 12.4 Å². The summed E-state index contributed by atoms with van der Waals surface area (Å²) in [5, 5.41) is 8.82. The Kier molecular flexibility index (Phi) is 3.83. The van der Waals surface area contributed by atoms with Crippen LogP contribution in [0.3, 0.4) is 0 Å². The first-order chi connectivity index (χ1) is 6.63. The Labute approximate surface area is 84.6 Å². The van der Waals surface area contributed by atoms with Gasteiger partial charge in [0.05, 0.1) is 6.61 Å². The summed E-state index contributed by atoms with van der Waals surface area (Å²) in [5.74, 6) is 1.29. The van der Waals surface area contributed by atoms with Crippen LogP contribution >= 0.6 is 0 Å². The fraction of sp³-hybridized carbons (Fsp3) is 0.600. The topological polar surface area (TPSA) is 49.2 Å². The van der Waals surface area contributed by atoms with Crippen LogP contribution in [0.2, 0.25) is 0 Å². The molecule has 0 saturated heterocycles. The smallest absolute Gasteiger partial charge is 0.225 e. The Balaban J connectivity index is 2.66. The van der Waals surface area contributed by atoms with Gasteiger partial charge in [-0.05, 0) is 5.92 Å². The average Bonchev–Trinajstić information content (AvgIpc) is 2.17. The first-order valence-corrected chi connectivity index (χ1v) is 4.76. The van der Waals surface area contributed by atoms with Crippen LogP contribution in [-0.2, 0) is 6.61 Å². The molecule has 14 heavy (non-hydrogen) atoms. The lowest BCUT2D eigenvalue weighted by Crippen LogP contribution is -2.24. The van der Waals surface area contributed by atoms with Crippen molar-refractivity contribution >= 4 is 5.95 Å². The van der Waals surface area contributed by atoms with Crippen molar-refractivity contribution < 1.29 is 5.11 Å². The predicted molar refractivity (Wildman–Crippen MR) is 56.1 cm³/mol. The minimum atomic E-state index is -0.00578. The Hall–Kier alpha value is -1.16. The van der Waals surface area contributed by atoms with Gasteiger partial charge in [0, 0.05) is 31.5 Å². The molecule has 0 aromatic carbocycles. The zero-order valence-electron chi connectivity index (χ0n) is 8.94. The number of aliphatic hydroxyl groups is 1. The van der Waals surface area contributed by atoms with E-state index in [0.717, 1.165) is 12.1 Å². The molecule has 0 fully saturated rings. The summed E-state index contributed by atoms with van der Waals surface area (Å²) in [7, 11) is 1.97. The van der Waals surface area contributed by atoms with Crippen LogP contribution in [-0.4, -0.2) is 28.7 Å². The molecule has 1 aromatic rings. The maximum absolute atomic E-state index is 8.82. The van der Waals surface area contributed by atoms with E-state index >= 15 is 0 Å². The Morgan fingerprint density at radius 2 is 1.93 bits per heavy atom. The second-order valence-corrected chi connectivity index (χ2v) is 3.82. The van der Waals surface area contributed by atoms with Crippen LogP contribution in [0.1, 0.15) is 19.4 Å². The minimum absolute atomic E-state index is 0.00578. The monoisotopic (exact) mass is 195 g/mol. The van der Waals surface area contributed by atoms with E-state index in [9.17, 15) is 0 Å². The van der Waals surface area contributed by atoms with E-state index in [2.05, 4.69) is 23.8 Å². The maximum Gasteiger partial charge on any atom is 0.225 e. The highest BCUT2D eigenvalue weighted by atomic mass is 16.3. The van der Waals surface area contributed by atoms with Crippen LogP contribution in [0.25, 0.3) is 0 Å². The van der Waals surface area contributed by atoms with Crippen molar-refractivity contribution in [3.8, 4) is 0 Å². The second kappa shape index (κ2) is 4.91. The molecule has 1 N–H and O–H groups in total. The number of aromatic nitrogens is 2. The quantitative estimate of drug-likeness (QED) is 0.780. The van der Waals surface area contributed by atoms with Gasteiger partial charge in [-0.25, -0.2) is 9.97 Å². The van der Waals surface area contributed by atoms with Crippen LogP contribution in [0.5, 0.6) is 0 Å². The Morgan fingerprint density at radius 1 is 1.36 bits per heavy atom. The summed E-state index contributed by atoms with van der Waals surface area (Å²) in [5.41, 5.74) is 0.742. The van der Waals surface area contributed by atoms with Gasteiger partial charge in [-0.3, -0.25) is 0 Å². The van der Waals surface area contributed by atoms with Gasteiger partial charge in [-0.15, -0.1) is 0 Å². The summed E-state index contributed by atoms with van der Waals surface area (Å²) in [6, 6.07) is 0. The molecule has 0 aliphatic rings. The summed E-state index contributed by atoms with van der Waals surface area (Å²) in [4.78, 5) is 10.3. The van der Waals surface area contributed by atoms with Crippen LogP contribution < -0.4 is 4.90 Å². The van der Waals surface area contributed by atoms with E-state index in [1.807, 2.05) is 11.9 Å². The molecule has 1 heterocycles. The molecule has 4 heteroatoms. The van der Waals surface area contributed by atoms with Gasteiger partial charge in [0.15, 0.2) is 0 Å². The fourth-order valence-corrected chi connectivity index (χ4v) is 1.26. The number of aliphatic hydroxyl groups excluding tert-OH is 1. The zero-order valence-corrected chi connectivity index (χ0v) is 8.94. The van der Waals surface area contributed by atoms with Crippen molar-refractivity contribution in [2.24, 2.45) is 5.92 Å². The molecular weight excluding hydrogens is 178 g/mol. The Bertz CT molecular complexity index is 271. The van der Waals surface area contributed by atoms with Crippen molar-refractivity contribution in [1.29, 1.82) is 0 Å². The predicted octanol–water partition coefficient (Wildman–Crippen LogP) is 1.06. The van der Waals surface area contributed by atoms with E-state index < -0.39 is 0 Å². The number of hydrogen-bond acceptors (Lipinski definition) is 4. The number of hydrogen-bond donors (Lipinski definition) is 1. The third-order valence-electron chi connectivity index (χ3n) is 1.85. The molecule has 0 aliphatic heterocycles. The van der Waals surface area contributed by atoms with E-state index in [4.69, 9.17) is 5.11 Å². The maximum atomic E-state index is 8.82. The van der Waals surface area contributed by atoms with Gasteiger partial charge >= 0.3 is 0 Å². The molecule has 1 rings (SSSR count). The van der Waals surface area contributed by atoms with Gasteiger partial charge in [-0.1, -0.05) is 13.8 Å². The van der Waals surface area contributed by atoms with Gasteiger partial charge in [-0.2, -0.15) is 0 Å². The summed E-state index contributed by atoms with van der Waals surface area (Å²) < 4.78 is 0. The number of nitrogens with zero attached hydrogens (tertiary/aromatic N) is 3. The molecule has 0 bridgehead atoms. The van der Waals surface area contributed by atoms with Crippen LogP contribution in [0, 0.1) is 5.92 Å². The average molecular weight is 195 g/mol. The SMILES string of the molecule is CC(C)CN(C)c1ncc(CO)cn1. The van der Waals surface area contributed by atoms with Crippen molar-refractivity contribution in [2.45, 2.75) is 20.5 Å². The van der Waals surface area contributed by atoms with E-state index in [0.29, 0.717) is 11.9 Å². The summed E-state index contributed by atoms with van der Waals surface area (Å²) in [6.07, 6.45) is 3.30. The molecule has 0 radical (unpaired) electrons.